The summed E-state index contributed by atoms with van der Waals surface area (Å²) in [5.41, 5.74) is 7.27. The summed E-state index contributed by atoms with van der Waals surface area (Å²) in [5.74, 6) is 0.0434. The SMILES string of the molecule is Cc1nc2c3ccccc3nn2c(C)c1CCC(=O)NCc1ccc(CN(C)C)cc1. The van der Waals surface area contributed by atoms with E-state index in [9.17, 15) is 4.79 Å². The number of nitrogens with zero attached hydrogens (tertiary/aromatic N) is 4. The van der Waals surface area contributed by atoms with Gasteiger partial charge in [0.2, 0.25) is 5.91 Å². The molecule has 0 saturated carbocycles. The Morgan fingerprint density at radius 3 is 2.48 bits per heavy atom. The van der Waals surface area contributed by atoms with E-state index < -0.39 is 0 Å². The van der Waals surface area contributed by atoms with Crippen LogP contribution in [0, 0.1) is 13.8 Å². The Kier molecular flexibility index (Phi) is 6.00. The van der Waals surface area contributed by atoms with Gasteiger partial charge >= 0.3 is 0 Å². The van der Waals surface area contributed by atoms with Gasteiger partial charge < -0.3 is 10.2 Å². The van der Waals surface area contributed by atoms with E-state index in [0.717, 1.165) is 45.6 Å². The molecule has 0 unspecified atom stereocenters. The van der Waals surface area contributed by atoms with E-state index in [1.807, 2.05) is 35.7 Å². The fourth-order valence-electron chi connectivity index (χ4n) is 3.99. The first-order chi connectivity index (χ1) is 14.9. The van der Waals surface area contributed by atoms with Crippen LogP contribution in [0.2, 0.25) is 0 Å². The predicted octanol–water partition coefficient (Wildman–Crippen LogP) is 3.81. The molecular formula is C25H29N5O. The molecule has 0 bridgehead atoms. The van der Waals surface area contributed by atoms with E-state index in [4.69, 9.17) is 10.1 Å². The van der Waals surface area contributed by atoms with Crippen molar-refractivity contribution < 1.29 is 4.79 Å². The van der Waals surface area contributed by atoms with Crippen molar-refractivity contribution in [3.63, 3.8) is 0 Å². The Hall–Kier alpha value is -3.25. The lowest BCUT2D eigenvalue weighted by atomic mass is 10.1. The van der Waals surface area contributed by atoms with Gasteiger partial charge in [0.15, 0.2) is 5.65 Å². The monoisotopic (exact) mass is 415 g/mol. The van der Waals surface area contributed by atoms with Crippen LogP contribution in [0.3, 0.4) is 0 Å². The zero-order valence-electron chi connectivity index (χ0n) is 18.6. The van der Waals surface area contributed by atoms with Crippen molar-refractivity contribution in [2.75, 3.05) is 14.1 Å². The Morgan fingerprint density at radius 1 is 1.03 bits per heavy atom. The fourth-order valence-corrected chi connectivity index (χ4v) is 3.99. The van der Waals surface area contributed by atoms with Gasteiger partial charge in [0, 0.05) is 36.3 Å². The summed E-state index contributed by atoms with van der Waals surface area (Å²) in [6.07, 6.45) is 1.07. The summed E-state index contributed by atoms with van der Waals surface area (Å²) in [4.78, 5) is 19.4. The number of amides is 1. The molecule has 2 aromatic carbocycles. The molecule has 31 heavy (non-hydrogen) atoms. The lowest BCUT2D eigenvalue weighted by Crippen LogP contribution is -2.23. The smallest absolute Gasteiger partial charge is 0.220 e. The third-order valence-corrected chi connectivity index (χ3v) is 5.63. The van der Waals surface area contributed by atoms with Crippen LogP contribution in [0.4, 0.5) is 0 Å². The molecule has 2 aromatic heterocycles. The standard InChI is InChI=1S/C25H29N5O/c1-17-21(18(2)30-25(27-17)22-7-5-6-8-23(22)28-30)13-14-24(31)26-15-19-9-11-20(12-10-19)16-29(3)4/h5-12H,13-16H2,1-4H3,(H,26,31). The zero-order valence-corrected chi connectivity index (χ0v) is 18.6. The van der Waals surface area contributed by atoms with Crippen LogP contribution >= 0.6 is 0 Å². The van der Waals surface area contributed by atoms with Crippen LogP contribution < -0.4 is 5.32 Å². The minimum Gasteiger partial charge on any atom is -0.352 e. The van der Waals surface area contributed by atoms with Gasteiger partial charge in [0.05, 0.1) is 5.52 Å². The summed E-state index contributed by atoms with van der Waals surface area (Å²) < 4.78 is 1.90. The number of benzene rings is 2. The molecular weight excluding hydrogens is 386 g/mol. The lowest BCUT2D eigenvalue weighted by Gasteiger charge is -2.12. The zero-order chi connectivity index (χ0) is 22.0. The molecule has 0 aliphatic rings. The highest BCUT2D eigenvalue weighted by molar-refractivity contribution is 5.92. The van der Waals surface area contributed by atoms with Crippen molar-refractivity contribution in [1.29, 1.82) is 0 Å². The van der Waals surface area contributed by atoms with Gasteiger partial charge in [-0.1, -0.05) is 36.4 Å². The second-order valence-electron chi connectivity index (χ2n) is 8.34. The van der Waals surface area contributed by atoms with Gasteiger partial charge in [-0.05, 0) is 63.2 Å². The number of nitrogens with one attached hydrogen (secondary N) is 1. The number of rotatable bonds is 7. The summed E-state index contributed by atoms with van der Waals surface area (Å²) in [5, 5.41) is 8.78. The average molecular weight is 416 g/mol. The molecule has 0 aliphatic heterocycles. The number of hydrogen-bond donors (Lipinski definition) is 1. The largest absolute Gasteiger partial charge is 0.352 e. The maximum Gasteiger partial charge on any atom is 0.220 e. The Balaban J connectivity index is 1.40. The summed E-state index contributed by atoms with van der Waals surface area (Å²) >= 11 is 0. The molecule has 6 nitrogen and oxygen atoms in total. The molecule has 0 fully saturated rings. The average Bonchev–Trinajstić information content (AvgIpc) is 3.11. The predicted molar refractivity (Wildman–Crippen MR) is 124 cm³/mol. The minimum atomic E-state index is 0.0434. The summed E-state index contributed by atoms with van der Waals surface area (Å²) in [7, 11) is 4.11. The number of carbonyl (C=O) groups excluding carboxylic acids is 1. The highest BCUT2D eigenvalue weighted by Gasteiger charge is 2.15. The van der Waals surface area contributed by atoms with Crippen molar-refractivity contribution in [1.82, 2.24) is 24.8 Å². The van der Waals surface area contributed by atoms with E-state index in [0.29, 0.717) is 19.4 Å². The van der Waals surface area contributed by atoms with Crippen molar-refractivity contribution in [2.45, 2.75) is 39.8 Å². The molecule has 160 valence electrons. The molecule has 1 amide bonds. The van der Waals surface area contributed by atoms with Gasteiger partial charge in [0.1, 0.15) is 0 Å². The number of aryl methyl sites for hydroxylation is 2. The van der Waals surface area contributed by atoms with Crippen molar-refractivity contribution in [3.8, 4) is 0 Å². The van der Waals surface area contributed by atoms with Crippen LogP contribution in [0.25, 0.3) is 16.6 Å². The number of fused-ring (bicyclic) bond motifs is 3. The molecule has 0 saturated heterocycles. The van der Waals surface area contributed by atoms with Gasteiger partial charge in [-0.2, -0.15) is 5.10 Å². The molecule has 6 heteroatoms. The minimum absolute atomic E-state index is 0.0434. The maximum atomic E-state index is 12.5. The van der Waals surface area contributed by atoms with E-state index in [1.54, 1.807) is 0 Å². The van der Waals surface area contributed by atoms with E-state index in [2.05, 4.69) is 55.5 Å². The first-order valence-electron chi connectivity index (χ1n) is 10.6. The van der Waals surface area contributed by atoms with Crippen LogP contribution in [0.1, 0.15) is 34.5 Å². The van der Waals surface area contributed by atoms with Gasteiger partial charge in [-0.25, -0.2) is 9.50 Å². The summed E-state index contributed by atoms with van der Waals surface area (Å²) in [6.45, 7) is 5.52. The second-order valence-corrected chi connectivity index (χ2v) is 8.34. The van der Waals surface area contributed by atoms with Crippen LogP contribution in [0.5, 0.6) is 0 Å². The second kappa shape index (κ2) is 8.86. The molecule has 1 N–H and O–H groups in total. The number of hydrogen-bond acceptors (Lipinski definition) is 4. The Labute approximate surface area is 182 Å². The lowest BCUT2D eigenvalue weighted by molar-refractivity contribution is -0.121. The highest BCUT2D eigenvalue weighted by Crippen LogP contribution is 2.22. The van der Waals surface area contributed by atoms with Crippen LogP contribution in [-0.4, -0.2) is 39.5 Å². The Bertz CT molecular complexity index is 1220. The van der Waals surface area contributed by atoms with Gasteiger partial charge in [-0.3, -0.25) is 4.79 Å². The fraction of sp³-hybridized carbons (Fsp3) is 0.320. The first kappa shape index (κ1) is 21.0. The van der Waals surface area contributed by atoms with E-state index >= 15 is 0 Å². The van der Waals surface area contributed by atoms with Crippen LogP contribution in [-0.2, 0) is 24.3 Å². The first-order valence-corrected chi connectivity index (χ1v) is 10.6. The third-order valence-electron chi connectivity index (χ3n) is 5.63. The van der Waals surface area contributed by atoms with E-state index in [1.165, 1.54) is 5.56 Å². The highest BCUT2D eigenvalue weighted by atomic mass is 16.1. The third kappa shape index (κ3) is 4.59. The van der Waals surface area contributed by atoms with Crippen molar-refractivity contribution in [2.24, 2.45) is 0 Å². The quantitative estimate of drug-likeness (QED) is 0.499. The maximum absolute atomic E-state index is 12.5. The number of aromatic nitrogens is 3. The Morgan fingerprint density at radius 2 is 1.74 bits per heavy atom. The summed E-state index contributed by atoms with van der Waals surface area (Å²) in [6, 6.07) is 16.4. The van der Waals surface area contributed by atoms with Gasteiger partial charge in [-0.15, -0.1) is 0 Å². The van der Waals surface area contributed by atoms with E-state index in [-0.39, 0.29) is 5.91 Å². The molecule has 0 spiro atoms. The van der Waals surface area contributed by atoms with Crippen molar-refractivity contribution in [3.05, 3.63) is 76.6 Å². The molecule has 0 radical (unpaired) electrons. The molecule has 0 atom stereocenters. The molecule has 0 aliphatic carbocycles. The number of carbonyl (C=O) groups is 1. The van der Waals surface area contributed by atoms with Crippen molar-refractivity contribution >= 4 is 22.5 Å². The molecule has 4 aromatic rings. The van der Waals surface area contributed by atoms with Crippen LogP contribution in [0.15, 0.2) is 48.5 Å². The topological polar surface area (TPSA) is 62.5 Å². The normalized spacial score (nSPS) is 11.5. The molecule has 4 rings (SSSR count). The van der Waals surface area contributed by atoms with Gasteiger partial charge in [0.25, 0.3) is 0 Å². The molecule has 2 heterocycles.